The Balaban J connectivity index is 1.08. The second kappa shape index (κ2) is 7.84. The third-order valence-corrected chi connectivity index (χ3v) is 7.62. The Bertz CT molecular complexity index is 1280. The predicted octanol–water partition coefficient (Wildman–Crippen LogP) is 4.80. The molecule has 182 valence electrons. The van der Waals surface area contributed by atoms with E-state index in [-0.39, 0.29) is 16.6 Å². The van der Waals surface area contributed by atoms with E-state index in [1.54, 1.807) is 28.2 Å². The van der Waals surface area contributed by atoms with Gasteiger partial charge in [-0.2, -0.15) is 10.2 Å². The Morgan fingerprint density at radius 3 is 2.49 bits per heavy atom. The lowest BCUT2D eigenvalue weighted by Gasteiger charge is -2.72. The number of aliphatic hydroxyl groups excluding tert-OH is 1. The van der Waals surface area contributed by atoms with Gasteiger partial charge in [0.05, 0.1) is 18.8 Å². The van der Waals surface area contributed by atoms with Crippen molar-refractivity contribution in [3.8, 4) is 16.9 Å². The molecule has 2 bridgehead atoms. The van der Waals surface area contributed by atoms with Gasteiger partial charge in [0.15, 0.2) is 11.6 Å². The minimum Gasteiger partial charge on any atom is -0.490 e. The molecular formula is C26H25F3N4O2. The summed E-state index contributed by atoms with van der Waals surface area (Å²) in [5.41, 5.74) is 1.58. The van der Waals surface area contributed by atoms with Crippen molar-refractivity contribution < 1.29 is 23.0 Å². The molecule has 1 N–H and O–H groups in total. The Hall–Kier alpha value is -3.33. The average Bonchev–Trinajstić information content (AvgIpc) is 3.41. The second-order valence-corrected chi connectivity index (χ2v) is 10.2. The van der Waals surface area contributed by atoms with Crippen molar-refractivity contribution in [3.63, 3.8) is 0 Å². The monoisotopic (exact) mass is 482 g/mol. The summed E-state index contributed by atoms with van der Waals surface area (Å²) in [4.78, 5) is 0. The first kappa shape index (κ1) is 22.2. The lowest BCUT2D eigenvalue weighted by Crippen LogP contribution is -2.71. The zero-order chi connectivity index (χ0) is 24.4. The van der Waals surface area contributed by atoms with Gasteiger partial charge in [0, 0.05) is 48.3 Å². The van der Waals surface area contributed by atoms with Crippen LogP contribution in [0.2, 0.25) is 0 Å². The van der Waals surface area contributed by atoms with Crippen LogP contribution in [0.3, 0.4) is 0 Å². The van der Waals surface area contributed by atoms with Crippen LogP contribution in [0.4, 0.5) is 13.2 Å². The third-order valence-electron chi connectivity index (χ3n) is 7.62. The molecule has 3 saturated carbocycles. The lowest BCUT2D eigenvalue weighted by atomic mass is 9.34. The van der Waals surface area contributed by atoms with E-state index < -0.39 is 29.7 Å². The summed E-state index contributed by atoms with van der Waals surface area (Å²) >= 11 is 0. The molecule has 1 aromatic heterocycles. The molecule has 0 amide bonds. The number of aryl methyl sites for hydroxylation is 1. The molecule has 2 heterocycles. The molecule has 2 unspecified atom stereocenters. The highest BCUT2D eigenvalue weighted by atomic mass is 19.1. The summed E-state index contributed by atoms with van der Waals surface area (Å²) in [5.74, 6) is -1.52. The maximum Gasteiger partial charge on any atom is 0.165 e. The van der Waals surface area contributed by atoms with E-state index in [1.165, 1.54) is 18.2 Å². The summed E-state index contributed by atoms with van der Waals surface area (Å²) in [5, 5.41) is 21.1. The maximum atomic E-state index is 14.7. The van der Waals surface area contributed by atoms with Crippen LogP contribution in [0, 0.1) is 28.3 Å². The van der Waals surface area contributed by atoms with Crippen LogP contribution in [-0.2, 0) is 7.05 Å². The van der Waals surface area contributed by atoms with E-state index in [1.807, 2.05) is 19.3 Å². The maximum absolute atomic E-state index is 14.7. The summed E-state index contributed by atoms with van der Waals surface area (Å²) in [7, 11) is 1.81. The standard InChI is InChI=1S/C26H25F3N4O2/c1-32-11-18(10-31-32)16-2-3-23(21(29)8-16)35-15-25-12-26(13-25,14-25)24(34)33-22(4-5-30-33)17-6-19(27)9-20(28)7-17/h2-3,5-11,22,24,34H,4,12-15H2,1H3. The van der Waals surface area contributed by atoms with Crippen molar-refractivity contribution in [3.05, 3.63) is 71.8 Å². The van der Waals surface area contributed by atoms with Gasteiger partial charge in [-0.15, -0.1) is 0 Å². The highest BCUT2D eigenvalue weighted by molar-refractivity contribution is 5.63. The number of benzene rings is 2. The molecule has 7 rings (SSSR count). The van der Waals surface area contributed by atoms with Gasteiger partial charge in [-0.3, -0.25) is 9.69 Å². The van der Waals surface area contributed by atoms with Crippen LogP contribution >= 0.6 is 0 Å². The summed E-state index contributed by atoms with van der Waals surface area (Å²) in [6, 6.07) is 7.88. The van der Waals surface area contributed by atoms with E-state index in [0.29, 0.717) is 18.6 Å². The van der Waals surface area contributed by atoms with Gasteiger partial charge in [0.25, 0.3) is 0 Å². The number of hydrogen-bond acceptors (Lipinski definition) is 5. The molecule has 6 nitrogen and oxygen atoms in total. The van der Waals surface area contributed by atoms with Gasteiger partial charge in [0.1, 0.15) is 17.9 Å². The molecular weight excluding hydrogens is 457 g/mol. The summed E-state index contributed by atoms with van der Waals surface area (Å²) in [6.45, 7) is 0.367. The number of aliphatic hydroxyl groups is 1. The quantitative estimate of drug-likeness (QED) is 0.525. The van der Waals surface area contributed by atoms with Gasteiger partial charge in [-0.25, -0.2) is 13.2 Å². The molecule has 0 spiro atoms. The third kappa shape index (κ3) is 3.69. The normalized spacial score (nSPS) is 27.5. The minimum absolute atomic E-state index is 0.0979. The average molecular weight is 483 g/mol. The van der Waals surface area contributed by atoms with Crippen molar-refractivity contribution in [2.24, 2.45) is 23.0 Å². The number of ether oxygens (including phenoxy) is 1. The summed E-state index contributed by atoms with van der Waals surface area (Å²) in [6.07, 6.45) is 6.96. The number of aromatic nitrogens is 2. The number of rotatable bonds is 7. The molecule has 3 aromatic rings. The second-order valence-electron chi connectivity index (χ2n) is 10.2. The smallest absolute Gasteiger partial charge is 0.165 e. The topological polar surface area (TPSA) is 62.9 Å². The van der Waals surface area contributed by atoms with Crippen LogP contribution in [0.1, 0.15) is 37.3 Å². The molecule has 0 radical (unpaired) electrons. The van der Waals surface area contributed by atoms with Crippen LogP contribution < -0.4 is 4.74 Å². The molecule has 0 saturated heterocycles. The predicted molar refractivity (Wildman–Crippen MR) is 123 cm³/mol. The highest BCUT2D eigenvalue weighted by Gasteiger charge is 2.72. The van der Waals surface area contributed by atoms with Crippen molar-refractivity contribution in [2.45, 2.75) is 38.0 Å². The van der Waals surface area contributed by atoms with E-state index >= 15 is 0 Å². The van der Waals surface area contributed by atoms with Gasteiger partial charge >= 0.3 is 0 Å². The number of halogens is 3. The van der Waals surface area contributed by atoms with Crippen LogP contribution in [0.25, 0.3) is 11.1 Å². The fraction of sp³-hybridized carbons (Fsp3) is 0.385. The van der Waals surface area contributed by atoms with Crippen LogP contribution in [-0.4, -0.2) is 38.9 Å². The van der Waals surface area contributed by atoms with Crippen LogP contribution in [0.5, 0.6) is 5.75 Å². The Labute approximate surface area is 200 Å². The van der Waals surface area contributed by atoms with Crippen molar-refractivity contribution in [2.75, 3.05) is 6.61 Å². The van der Waals surface area contributed by atoms with Crippen molar-refractivity contribution in [1.29, 1.82) is 0 Å². The van der Waals surface area contributed by atoms with Crippen molar-refractivity contribution in [1.82, 2.24) is 14.8 Å². The van der Waals surface area contributed by atoms with Gasteiger partial charge < -0.3 is 9.84 Å². The van der Waals surface area contributed by atoms with Gasteiger partial charge in [-0.05, 0) is 54.7 Å². The lowest BCUT2D eigenvalue weighted by molar-refractivity contribution is -0.299. The van der Waals surface area contributed by atoms with Gasteiger partial charge in [0.2, 0.25) is 0 Å². The van der Waals surface area contributed by atoms with Gasteiger partial charge in [-0.1, -0.05) is 6.07 Å². The Morgan fingerprint density at radius 2 is 1.83 bits per heavy atom. The fourth-order valence-electron chi connectivity index (χ4n) is 6.11. The van der Waals surface area contributed by atoms with E-state index in [9.17, 15) is 18.3 Å². The first-order chi connectivity index (χ1) is 16.8. The molecule has 3 fully saturated rings. The SMILES string of the molecule is Cn1cc(-c2ccc(OCC34CC(C(O)N5N=CCC5c5cc(F)cc(F)c5)(C3)C4)c(F)c2)cn1. The first-order valence-electron chi connectivity index (χ1n) is 11.6. The molecule has 2 aromatic carbocycles. The number of hydrogen-bond donors (Lipinski definition) is 1. The minimum atomic E-state index is -0.866. The van der Waals surface area contributed by atoms with Crippen molar-refractivity contribution >= 4 is 6.21 Å². The molecule has 2 atom stereocenters. The fourth-order valence-corrected chi connectivity index (χ4v) is 6.11. The zero-order valence-electron chi connectivity index (χ0n) is 19.2. The number of nitrogens with zero attached hydrogens (tertiary/aromatic N) is 4. The molecule has 4 aliphatic rings. The van der Waals surface area contributed by atoms with E-state index in [0.717, 1.165) is 36.5 Å². The largest absolute Gasteiger partial charge is 0.490 e. The zero-order valence-corrected chi connectivity index (χ0v) is 19.2. The first-order valence-corrected chi connectivity index (χ1v) is 11.6. The molecule has 35 heavy (non-hydrogen) atoms. The van der Waals surface area contributed by atoms with Crippen LogP contribution in [0.15, 0.2) is 53.9 Å². The Morgan fingerprint density at radius 1 is 1.09 bits per heavy atom. The van der Waals surface area contributed by atoms with E-state index in [2.05, 4.69) is 10.2 Å². The number of hydrazone groups is 1. The molecule has 9 heteroatoms. The summed E-state index contributed by atoms with van der Waals surface area (Å²) < 4.78 is 49.6. The molecule has 1 aliphatic heterocycles. The van der Waals surface area contributed by atoms with E-state index in [4.69, 9.17) is 4.74 Å². The Kier molecular flexibility index (Phi) is 4.96. The molecule has 3 aliphatic carbocycles. The highest BCUT2D eigenvalue weighted by Crippen LogP contribution is 2.75.